The van der Waals surface area contributed by atoms with Gasteiger partial charge < -0.3 is 20.5 Å². The highest BCUT2D eigenvalue weighted by molar-refractivity contribution is 5.85. The lowest BCUT2D eigenvalue weighted by Crippen LogP contribution is -2.45. The molecule has 0 radical (unpaired) electrons. The van der Waals surface area contributed by atoms with Crippen molar-refractivity contribution in [1.29, 1.82) is 0 Å². The molecule has 7 nitrogen and oxygen atoms in total. The van der Waals surface area contributed by atoms with Gasteiger partial charge in [0, 0.05) is 12.5 Å². The van der Waals surface area contributed by atoms with Gasteiger partial charge in [0.05, 0.1) is 13.7 Å². The summed E-state index contributed by atoms with van der Waals surface area (Å²) in [6, 6.07) is -0.674. The van der Waals surface area contributed by atoms with E-state index < -0.39 is 18.0 Å². The molecule has 0 aliphatic heterocycles. The second kappa shape index (κ2) is 6.95. The fourth-order valence-electron chi connectivity index (χ4n) is 1.39. The fourth-order valence-corrected chi connectivity index (χ4v) is 1.39. The maximum atomic E-state index is 11.5. The number of ether oxygens (including phenoxy) is 1. The van der Waals surface area contributed by atoms with Gasteiger partial charge in [-0.1, -0.05) is 0 Å². The second-order valence-electron chi connectivity index (χ2n) is 4.23. The molecule has 102 valence electrons. The van der Waals surface area contributed by atoms with Gasteiger partial charge in [0.15, 0.2) is 0 Å². The Labute approximate surface area is 105 Å². The number of esters is 1. The van der Waals surface area contributed by atoms with Crippen molar-refractivity contribution >= 4 is 17.8 Å². The predicted molar refractivity (Wildman–Crippen MR) is 61.8 cm³/mol. The van der Waals surface area contributed by atoms with Crippen LogP contribution in [0.15, 0.2) is 0 Å². The van der Waals surface area contributed by atoms with Crippen molar-refractivity contribution in [2.75, 3.05) is 13.7 Å². The Bertz CT molecular complexity index is 327. The molecule has 1 aliphatic carbocycles. The van der Waals surface area contributed by atoms with Crippen LogP contribution in [0.3, 0.4) is 0 Å². The molecule has 1 saturated carbocycles. The molecule has 0 saturated heterocycles. The van der Waals surface area contributed by atoms with E-state index in [1.165, 1.54) is 7.11 Å². The number of carbonyl (C=O) groups excluding carboxylic acids is 2. The van der Waals surface area contributed by atoms with Gasteiger partial charge in [-0.3, -0.25) is 9.59 Å². The van der Waals surface area contributed by atoms with Crippen LogP contribution in [0.4, 0.5) is 0 Å². The lowest BCUT2D eigenvalue weighted by Gasteiger charge is -2.14. The molecule has 7 heteroatoms. The SMILES string of the molecule is COC(=O)CC[C@H](NC(=O)CNC1CC1)C(=O)O. The first-order valence-corrected chi connectivity index (χ1v) is 5.85. The molecule has 0 aromatic rings. The minimum Gasteiger partial charge on any atom is -0.480 e. The van der Waals surface area contributed by atoms with Crippen LogP contribution in [0.2, 0.25) is 0 Å². The first kappa shape index (κ1) is 14.4. The Morgan fingerprint density at radius 1 is 1.39 bits per heavy atom. The Morgan fingerprint density at radius 2 is 2.06 bits per heavy atom. The number of carboxylic acid groups (broad SMARTS) is 1. The number of aliphatic carboxylic acids is 1. The second-order valence-corrected chi connectivity index (χ2v) is 4.23. The molecule has 0 unspecified atom stereocenters. The zero-order valence-corrected chi connectivity index (χ0v) is 10.3. The monoisotopic (exact) mass is 258 g/mol. The Balaban J connectivity index is 2.28. The maximum Gasteiger partial charge on any atom is 0.326 e. The van der Waals surface area contributed by atoms with Gasteiger partial charge in [-0.25, -0.2) is 4.79 Å². The standard InChI is InChI=1S/C11H18N2O5/c1-18-10(15)5-4-8(11(16)17)13-9(14)6-12-7-2-3-7/h7-8,12H,2-6H2,1H3,(H,13,14)(H,16,17)/t8-/m0/s1. The molecule has 1 amide bonds. The molecule has 0 bridgehead atoms. The molecule has 3 N–H and O–H groups in total. The number of hydrogen-bond acceptors (Lipinski definition) is 5. The van der Waals surface area contributed by atoms with Crippen LogP contribution < -0.4 is 10.6 Å². The van der Waals surface area contributed by atoms with E-state index in [4.69, 9.17) is 5.11 Å². The summed E-state index contributed by atoms with van der Waals surface area (Å²) >= 11 is 0. The number of rotatable bonds is 8. The quantitative estimate of drug-likeness (QED) is 0.495. The third-order valence-corrected chi connectivity index (χ3v) is 2.63. The van der Waals surface area contributed by atoms with Crippen LogP contribution in [-0.4, -0.2) is 48.7 Å². The van der Waals surface area contributed by atoms with Crippen molar-refractivity contribution in [3.8, 4) is 0 Å². The highest BCUT2D eigenvalue weighted by Crippen LogP contribution is 2.17. The van der Waals surface area contributed by atoms with Crippen LogP contribution in [0.1, 0.15) is 25.7 Å². The zero-order chi connectivity index (χ0) is 13.5. The summed E-state index contributed by atoms with van der Waals surface area (Å²) in [5.74, 6) is -2.02. The van der Waals surface area contributed by atoms with E-state index in [-0.39, 0.29) is 25.3 Å². The Hall–Kier alpha value is -1.63. The maximum absolute atomic E-state index is 11.5. The smallest absolute Gasteiger partial charge is 0.326 e. The van der Waals surface area contributed by atoms with Gasteiger partial charge in [-0.05, 0) is 19.3 Å². The van der Waals surface area contributed by atoms with Gasteiger partial charge in [0.2, 0.25) is 5.91 Å². The third-order valence-electron chi connectivity index (χ3n) is 2.63. The lowest BCUT2D eigenvalue weighted by molar-refractivity contribution is -0.144. The number of amides is 1. The molecule has 1 rings (SSSR count). The summed E-state index contributed by atoms with van der Waals surface area (Å²) in [5.41, 5.74) is 0. The van der Waals surface area contributed by atoms with E-state index >= 15 is 0 Å². The third kappa shape index (κ3) is 5.62. The fraction of sp³-hybridized carbons (Fsp3) is 0.727. The minimum atomic E-state index is -1.15. The van der Waals surface area contributed by atoms with Crippen LogP contribution in [0.25, 0.3) is 0 Å². The summed E-state index contributed by atoms with van der Waals surface area (Å²) in [5, 5.41) is 14.3. The molecule has 0 spiro atoms. The molecule has 1 aliphatic rings. The summed E-state index contributed by atoms with van der Waals surface area (Å²) < 4.78 is 4.42. The van der Waals surface area contributed by atoms with Crippen LogP contribution in [0, 0.1) is 0 Å². The van der Waals surface area contributed by atoms with Crippen molar-refractivity contribution in [3.05, 3.63) is 0 Å². The van der Waals surface area contributed by atoms with E-state index in [9.17, 15) is 14.4 Å². The van der Waals surface area contributed by atoms with Crippen molar-refractivity contribution in [2.24, 2.45) is 0 Å². The number of carboxylic acids is 1. The van der Waals surface area contributed by atoms with Crippen molar-refractivity contribution in [2.45, 2.75) is 37.8 Å². The summed E-state index contributed by atoms with van der Waals surface area (Å²) in [7, 11) is 1.23. The number of nitrogens with one attached hydrogen (secondary N) is 2. The normalized spacial score (nSPS) is 15.8. The van der Waals surface area contributed by atoms with Crippen molar-refractivity contribution in [3.63, 3.8) is 0 Å². The zero-order valence-electron chi connectivity index (χ0n) is 10.3. The highest BCUT2D eigenvalue weighted by Gasteiger charge is 2.24. The Morgan fingerprint density at radius 3 is 2.56 bits per heavy atom. The molecule has 1 fully saturated rings. The van der Waals surface area contributed by atoms with E-state index in [1.807, 2.05) is 0 Å². The first-order chi connectivity index (χ1) is 8.52. The molecular formula is C11H18N2O5. The summed E-state index contributed by atoms with van der Waals surface area (Å²) in [6.07, 6.45) is 2.09. The van der Waals surface area contributed by atoms with Crippen LogP contribution >= 0.6 is 0 Å². The first-order valence-electron chi connectivity index (χ1n) is 5.85. The minimum absolute atomic E-state index is 0.0250. The van der Waals surface area contributed by atoms with E-state index in [2.05, 4.69) is 15.4 Å². The average molecular weight is 258 g/mol. The van der Waals surface area contributed by atoms with Gasteiger partial charge in [0.1, 0.15) is 6.04 Å². The van der Waals surface area contributed by atoms with Gasteiger partial charge in [-0.2, -0.15) is 0 Å². The number of methoxy groups -OCH3 is 1. The van der Waals surface area contributed by atoms with Crippen molar-refractivity contribution in [1.82, 2.24) is 10.6 Å². The molecular weight excluding hydrogens is 240 g/mol. The summed E-state index contributed by atoms with van der Waals surface area (Å²) in [4.78, 5) is 33.3. The van der Waals surface area contributed by atoms with Gasteiger partial charge in [-0.15, -0.1) is 0 Å². The van der Waals surface area contributed by atoms with Crippen LogP contribution in [0.5, 0.6) is 0 Å². The van der Waals surface area contributed by atoms with E-state index in [0.29, 0.717) is 6.04 Å². The number of hydrogen-bond donors (Lipinski definition) is 3. The van der Waals surface area contributed by atoms with Crippen LogP contribution in [-0.2, 0) is 19.1 Å². The highest BCUT2D eigenvalue weighted by atomic mass is 16.5. The van der Waals surface area contributed by atoms with E-state index in [1.54, 1.807) is 0 Å². The average Bonchev–Trinajstić information content (AvgIpc) is 3.14. The van der Waals surface area contributed by atoms with Gasteiger partial charge >= 0.3 is 11.9 Å². The summed E-state index contributed by atoms with van der Waals surface area (Å²) in [6.45, 7) is 0.104. The molecule has 0 aromatic heterocycles. The molecule has 1 atom stereocenters. The Kier molecular flexibility index (Phi) is 5.57. The van der Waals surface area contributed by atoms with E-state index in [0.717, 1.165) is 12.8 Å². The van der Waals surface area contributed by atoms with Crippen molar-refractivity contribution < 1.29 is 24.2 Å². The largest absolute Gasteiger partial charge is 0.480 e. The lowest BCUT2D eigenvalue weighted by atomic mass is 10.1. The predicted octanol–water partition coefficient (Wildman–Crippen LogP) is -0.739. The topological polar surface area (TPSA) is 105 Å². The van der Waals surface area contributed by atoms with Gasteiger partial charge in [0.25, 0.3) is 0 Å². The molecule has 18 heavy (non-hydrogen) atoms. The number of carbonyl (C=O) groups is 3. The molecule has 0 aromatic carbocycles. The molecule has 0 heterocycles.